The molecule has 0 bridgehead atoms. The number of H-pyrrole nitrogens is 1. The molecule has 1 aromatic heterocycles. The molecule has 5 heteroatoms. The molecule has 0 saturated heterocycles. The standard InChI is InChI=1S/C16H16N4O/c1-20(10-15-17-11-18-19-15)16(21)9-12-6-7-13-4-2-3-5-14(13)8-12/h2-8,11H,9-10H2,1H3,(H,17,18,19). The van der Waals surface area contributed by atoms with Gasteiger partial charge in [0.05, 0.1) is 13.0 Å². The molecule has 106 valence electrons. The molecular weight excluding hydrogens is 264 g/mol. The molecule has 0 unspecified atom stereocenters. The summed E-state index contributed by atoms with van der Waals surface area (Å²) in [6.45, 7) is 0.437. The van der Waals surface area contributed by atoms with E-state index in [1.54, 1.807) is 11.9 Å². The van der Waals surface area contributed by atoms with Gasteiger partial charge in [-0.3, -0.25) is 9.89 Å². The minimum Gasteiger partial charge on any atom is -0.338 e. The number of aromatic nitrogens is 3. The van der Waals surface area contributed by atoms with Gasteiger partial charge in [-0.05, 0) is 16.3 Å². The van der Waals surface area contributed by atoms with E-state index in [9.17, 15) is 4.79 Å². The van der Waals surface area contributed by atoms with Crippen LogP contribution < -0.4 is 0 Å². The Morgan fingerprint density at radius 2 is 2.00 bits per heavy atom. The summed E-state index contributed by atoms with van der Waals surface area (Å²) in [5.74, 6) is 0.742. The van der Waals surface area contributed by atoms with Gasteiger partial charge in [0.2, 0.25) is 5.91 Å². The summed E-state index contributed by atoms with van der Waals surface area (Å²) in [6, 6.07) is 14.3. The van der Waals surface area contributed by atoms with Crippen LogP contribution in [0.4, 0.5) is 0 Å². The smallest absolute Gasteiger partial charge is 0.227 e. The number of hydrogen-bond acceptors (Lipinski definition) is 3. The van der Waals surface area contributed by atoms with E-state index in [0.29, 0.717) is 18.8 Å². The van der Waals surface area contributed by atoms with E-state index in [2.05, 4.69) is 33.4 Å². The van der Waals surface area contributed by atoms with Crippen molar-refractivity contribution in [2.24, 2.45) is 0 Å². The molecule has 21 heavy (non-hydrogen) atoms. The van der Waals surface area contributed by atoms with Crippen LogP contribution in [0.25, 0.3) is 10.8 Å². The van der Waals surface area contributed by atoms with Crippen molar-refractivity contribution in [3.63, 3.8) is 0 Å². The molecule has 0 aliphatic heterocycles. The second-order valence-electron chi connectivity index (χ2n) is 5.04. The Hall–Kier alpha value is -2.69. The van der Waals surface area contributed by atoms with E-state index in [4.69, 9.17) is 0 Å². The molecule has 0 aliphatic rings. The van der Waals surface area contributed by atoms with Crippen molar-refractivity contribution in [2.45, 2.75) is 13.0 Å². The zero-order valence-electron chi connectivity index (χ0n) is 11.8. The minimum atomic E-state index is 0.0571. The first kappa shape index (κ1) is 13.3. The Morgan fingerprint density at radius 3 is 2.76 bits per heavy atom. The summed E-state index contributed by atoms with van der Waals surface area (Å²) in [5.41, 5.74) is 1.02. The van der Waals surface area contributed by atoms with Crippen molar-refractivity contribution in [2.75, 3.05) is 7.05 Å². The second-order valence-corrected chi connectivity index (χ2v) is 5.04. The first-order valence-electron chi connectivity index (χ1n) is 6.78. The second kappa shape index (κ2) is 5.75. The van der Waals surface area contributed by atoms with E-state index in [0.717, 1.165) is 10.9 Å². The lowest BCUT2D eigenvalue weighted by Crippen LogP contribution is -2.28. The number of amides is 1. The minimum absolute atomic E-state index is 0.0571. The van der Waals surface area contributed by atoms with Crippen molar-refractivity contribution in [1.29, 1.82) is 0 Å². The Balaban J connectivity index is 1.70. The average molecular weight is 280 g/mol. The van der Waals surface area contributed by atoms with Crippen molar-refractivity contribution < 1.29 is 4.79 Å². The van der Waals surface area contributed by atoms with Gasteiger partial charge in [0.15, 0.2) is 0 Å². The van der Waals surface area contributed by atoms with Gasteiger partial charge >= 0.3 is 0 Å². The van der Waals surface area contributed by atoms with Crippen LogP contribution in [0.15, 0.2) is 48.8 Å². The van der Waals surface area contributed by atoms with Gasteiger partial charge in [-0.2, -0.15) is 5.10 Å². The van der Waals surface area contributed by atoms with Crippen LogP contribution in [0, 0.1) is 0 Å². The highest BCUT2D eigenvalue weighted by Crippen LogP contribution is 2.16. The van der Waals surface area contributed by atoms with Gasteiger partial charge in [0, 0.05) is 7.05 Å². The fourth-order valence-corrected chi connectivity index (χ4v) is 2.28. The fraction of sp³-hybridized carbons (Fsp3) is 0.188. The lowest BCUT2D eigenvalue weighted by molar-refractivity contribution is -0.129. The predicted octanol–water partition coefficient (Wildman–Crippen LogP) is 2.16. The molecule has 0 fully saturated rings. The predicted molar refractivity (Wildman–Crippen MR) is 80.5 cm³/mol. The molecular formula is C16H16N4O. The van der Waals surface area contributed by atoms with Gasteiger partial charge in [0.25, 0.3) is 0 Å². The van der Waals surface area contributed by atoms with Crippen molar-refractivity contribution in [3.8, 4) is 0 Å². The molecule has 0 radical (unpaired) electrons. The Kier molecular flexibility index (Phi) is 3.64. The topological polar surface area (TPSA) is 61.9 Å². The largest absolute Gasteiger partial charge is 0.338 e. The molecule has 1 heterocycles. The number of carbonyl (C=O) groups is 1. The van der Waals surface area contributed by atoms with E-state index in [-0.39, 0.29) is 5.91 Å². The number of carbonyl (C=O) groups excluding carboxylic acids is 1. The van der Waals surface area contributed by atoms with Crippen molar-refractivity contribution in [1.82, 2.24) is 20.1 Å². The van der Waals surface area contributed by atoms with Crippen LogP contribution in [-0.2, 0) is 17.8 Å². The highest BCUT2D eigenvalue weighted by Gasteiger charge is 2.11. The van der Waals surface area contributed by atoms with Crippen LogP contribution in [0.3, 0.4) is 0 Å². The van der Waals surface area contributed by atoms with Gasteiger partial charge < -0.3 is 4.90 Å². The lowest BCUT2D eigenvalue weighted by atomic mass is 10.0. The van der Waals surface area contributed by atoms with E-state index in [1.807, 2.05) is 24.3 Å². The summed E-state index contributed by atoms with van der Waals surface area (Å²) < 4.78 is 0. The number of rotatable bonds is 4. The SMILES string of the molecule is CN(Cc1ncn[nH]1)C(=O)Cc1ccc2ccccc2c1. The van der Waals surface area contributed by atoms with Crippen molar-refractivity contribution in [3.05, 3.63) is 60.2 Å². The summed E-state index contributed by atoms with van der Waals surface area (Å²) in [5, 5.41) is 8.87. The van der Waals surface area contributed by atoms with Crippen LogP contribution in [0.1, 0.15) is 11.4 Å². The van der Waals surface area contributed by atoms with Crippen LogP contribution in [-0.4, -0.2) is 33.0 Å². The maximum atomic E-state index is 12.2. The third kappa shape index (κ3) is 3.08. The molecule has 2 aromatic carbocycles. The Labute approximate surface area is 122 Å². The lowest BCUT2D eigenvalue weighted by Gasteiger charge is -2.15. The zero-order chi connectivity index (χ0) is 14.7. The monoisotopic (exact) mass is 280 g/mol. The molecule has 3 rings (SSSR count). The van der Waals surface area contributed by atoms with Crippen LogP contribution in [0.5, 0.6) is 0 Å². The van der Waals surface area contributed by atoms with Crippen LogP contribution >= 0.6 is 0 Å². The first-order chi connectivity index (χ1) is 10.2. The molecule has 0 atom stereocenters. The molecule has 3 aromatic rings. The third-order valence-corrected chi connectivity index (χ3v) is 3.45. The van der Waals surface area contributed by atoms with E-state index in [1.165, 1.54) is 11.7 Å². The number of hydrogen-bond donors (Lipinski definition) is 1. The van der Waals surface area contributed by atoms with E-state index >= 15 is 0 Å². The molecule has 1 N–H and O–H groups in total. The van der Waals surface area contributed by atoms with Crippen molar-refractivity contribution >= 4 is 16.7 Å². The quantitative estimate of drug-likeness (QED) is 0.796. The highest BCUT2D eigenvalue weighted by molar-refractivity contribution is 5.85. The van der Waals surface area contributed by atoms with Gasteiger partial charge in [-0.15, -0.1) is 0 Å². The Morgan fingerprint density at radius 1 is 1.19 bits per heavy atom. The third-order valence-electron chi connectivity index (χ3n) is 3.45. The highest BCUT2D eigenvalue weighted by atomic mass is 16.2. The number of nitrogens with one attached hydrogen (secondary N) is 1. The molecule has 0 spiro atoms. The summed E-state index contributed by atoms with van der Waals surface area (Å²) in [7, 11) is 1.77. The summed E-state index contributed by atoms with van der Waals surface area (Å²) >= 11 is 0. The van der Waals surface area contributed by atoms with Crippen LogP contribution in [0.2, 0.25) is 0 Å². The number of fused-ring (bicyclic) bond motifs is 1. The van der Waals surface area contributed by atoms with Gasteiger partial charge in [0.1, 0.15) is 12.2 Å². The molecule has 1 amide bonds. The maximum absolute atomic E-state index is 12.2. The number of nitrogens with zero attached hydrogens (tertiary/aromatic N) is 3. The molecule has 5 nitrogen and oxygen atoms in total. The summed E-state index contributed by atoms with van der Waals surface area (Å²) in [6.07, 6.45) is 1.83. The number of aromatic amines is 1. The molecule has 0 aliphatic carbocycles. The fourth-order valence-electron chi connectivity index (χ4n) is 2.28. The number of benzene rings is 2. The number of likely N-dealkylation sites (N-methyl/N-ethyl adjacent to an activating group) is 1. The Bertz CT molecular complexity index is 752. The normalized spacial score (nSPS) is 10.7. The zero-order valence-corrected chi connectivity index (χ0v) is 11.8. The van der Waals surface area contributed by atoms with Gasteiger partial charge in [-0.25, -0.2) is 4.98 Å². The van der Waals surface area contributed by atoms with Gasteiger partial charge in [-0.1, -0.05) is 42.5 Å². The summed E-state index contributed by atoms with van der Waals surface area (Å²) in [4.78, 5) is 17.9. The molecule has 0 saturated carbocycles. The first-order valence-corrected chi connectivity index (χ1v) is 6.78. The maximum Gasteiger partial charge on any atom is 0.227 e. The van der Waals surface area contributed by atoms with E-state index < -0.39 is 0 Å². The average Bonchev–Trinajstić information content (AvgIpc) is 3.00.